The molecule has 2 aromatic heterocycles. The fourth-order valence-corrected chi connectivity index (χ4v) is 5.18. The Morgan fingerprint density at radius 2 is 2.13 bits per heavy atom. The van der Waals surface area contributed by atoms with Gasteiger partial charge in [-0.15, -0.1) is 11.3 Å². The minimum absolute atomic E-state index is 0.134. The second kappa shape index (κ2) is 8.96. The summed E-state index contributed by atoms with van der Waals surface area (Å²) in [4.78, 5) is 14.7. The van der Waals surface area contributed by atoms with Gasteiger partial charge in [0.25, 0.3) is 5.91 Å². The quantitative estimate of drug-likeness (QED) is 0.456. The first-order chi connectivity index (χ1) is 14.5. The Labute approximate surface area is 181 Å². The zero-order valence-corrected chi connectivity index (χ0v) is 18.6. The molecule has 1 aliphatic carbocycles. The highest BCUT2D eigenvalue weighted by Crippen LogP contribution is 2.33. The summed E-state index contributed by atoms with van der Waals surface area (Å²) in [7, 11) is 0. The van der Waals surface area contributed by atoms with Crippen LogP contribution in [0.2, 0.25) is 0 Å². The Balaban J connectivity index is 1.42. The van der Waals surface area contributed by atoms with Gasteiger partial charge in [0.2, 0.25) is 0 Å². The summed E-state index contributed by atoms with van der Waals surface area (Å²) < 4.78 is 1.98. The van der Waals surface area contributed by atoms with E-state index in [1.807, 2.05) is 36.7 Å². The highest BCUT2D eigenvalue weighted by Gasteiger charge is 2.22. The topological polar surface area (TPSA) is 59.3 Å². The number of hydrogen-bond donors (Lipinski definition) is 1. The summed E-state index contributed by atoms with van der Waals surface area (Å²) in [6.45, 7) is 6.96. The first-order valence-electron chi connectivity index (χ1n) is 10.6. The number of thiophene rings is 1. The third kappa shape index (κ3) is 4.38. The number of nitrogens with zero attached hydrogens (tertiary/aromatic N) is 3. The van der Waals surface area contributed by atoms with Gasteiger partial charge in [-0.2, -0.15) is 10.2 Å². The molecule has 0 unspecified atom stereocenters. The zero-order chi connectivity index (χ0) is 21.1. The Morgan fingerprint density at radius 1 is 1.33 bits per heavy atom. The Bertz CT molecular complexity index is 1060. The molecule has 156 valence electrons. The lowest BCUT2D eigenvalue weighted by Crippen LogP contribution is -2.16. The van der Waals surface area contributed by atoms with Crippen molar-refractivity contribution in [3.63, 3.8) is 0 Å². The number of rotatable bonds is 6. The largest absolute Gasteiger partial charge is 0.281 e. The first kappa shape index (κ1) is 20.5. The predicted molar refractivity (Wildman–Crippen MR) is 122 cm³/mol. The number of nitrogens with one attached hydrogen (secondary N) is 1. The number of hydrogen-bond acceptors (Lipinski definition) is 4. The summed E-state index contributed by atoms with van der Waals surface area (Å²) in [5.41, 5.74) is 8.13. The smallest absolute Gasteiger partial charge is 0.266 e. The van der Waals surface area contributed by atoms with Crippen molar-refractivity contribution in [2.75, 3.05) is 0 Å². The predicted octanol–water partition coefficient (Wildman–Crippen LogP) is 4.89. The number of aromatic nitrogens is 2. The van der Waals surface area contributed by atoms with E-state index in [-0.39, 0.29) is 5.91 Å². The molecule has 3 aromatic rings. The standard InChI is InChI=1S/C24H28N4OS/c1-4-18-10-11-22-20(12-18)13-23(30-22)24(29)26-25-14-21-16(2)27-28(17(21)3)15-19-8-6-5-7-9-19/h5-9,13-14,18H,4,10-12,15H2,1-3H3,(H,26,29)/b25-14-/t18-/m1/s1. The maximum absolute atomic E-state index is 12.6. The van der Waals surface area contributed by atoms with Crippen LogP contribution in [0.1, 0.15) is 62.4 Å². The molecule has 4 rings (SSSR count). The maximum Gasteiger partial charge on any atom is 0.281 e. The minimum Gasteiger partial charge on any atom is -0.266 e. The molecule has 0 spiro atoms. The number of amides is 1. The molecule has 0 saturated heterocycles. The van der Waals surface area contributed by atoms with Crippen LogP contribution in [0.25, 0.3) is 0 Å². The molecule has 0 fully saturated rings. The molecule has 0 bridgehead atoms. The first-order valence-corrected chi connectivity index (χ1v) is 11.4. The summed E-state index contributed by atoms with van der Waals surface area (Å²) in [5, 5.41) is 8.86. The number of fused-ring (bicyclic) bond motifs is 1. The van der Waals surface area contributed by atoms with Crippen LogP contribution in [0.4, 0.5) is 0 Å². The average molecular weight is 421 g/mol. The Morgan fingerprint density at radius 3 is 2.90 bits per heavy atom. The van der Waals surface area contributed by atoms with Crippen molar-refractivity contribution >= 4 is 23.5 Å². The summed E-state index contributed by atoms with van der Waals surface area (Å²) in [6.07, 6.45) is 6.33. The van der Waals surface area contributed by atoms with E-state index in [1.165, 1.54) is 28.8 Å². The van der Waals surface area contributed by atoms with Gasteiger partial charge in [-0.1, -0.05) is 43.7 Å². The molecule has 5 nitrogen and oxygen atoms in total. The molecule has 1 aliphatic rings. The Kier molecular flexibility index (Phi) is 6.13. The van der Waals surface area contributed by atoms with Gasteiger partial charge in [0.05, 0.1) is 23.3 Å². The van der Waals surface area contributed by atoms with E-state index in [2.05, 4.69) is 40.7 Å². The second-order valence-electron chi connectivity index (χ2n) is 8.00. The lowest BCUT2D eigenvalue weighted by Gasteiger charge is -2.19. The SMILES string of the molecule is CC[C@@H]1CCc2sc(C(=O)N/N=C\c3c(C)nn(Cc4ccccc4)c3C)cc2C1. The van der Waals surface area contributed by atoms with Crippen molar-refractivity contribution in [3.05, 3.63) is 74.2 Å². The number of carbonyl (C=O) groups excluding carboxylic acids is 1. The number of aryl methyl sites for hydroxylation is 2. The van der Waals surface area contributed by atoms with Gasteiger partial charge in [-0.3, -0.25) is 9.48 Å². The lowest BCUT2D eigenvalue weighted by molar-refractivity contribution is 0.0959. The van der Waals surface area contributed by atoms with Gasteiger partial charge < -0.3 is 0 Å². The third-order valence-corrected chi connectivity index (χ3v) is 7.19. The zero-order valence-electron chi connectivity index (χ0n) is 17.8. The number of benzene rings is 1. The Hall–Kier alpha value is -2.73. The summed E-state index contributed by atoms with van der Waals surface area (Å²) in [5.74, 6) is 0.616. The molecule has 1 amide bonds. The average Bonchev–Trinajstić information content (AvgIpc) is 3.30. The lowest BCUT2D eigenvalue weighted by atomic mass is 9.87. The molecule has 30 heavy (non-hydrogen) atoms. The molecule has 2 heterocycles. The van der Waals surface area contributed by atoms with Crippen LogP contribution < -0.4 is 5.43 Å². The summed E-state index contributed by atoms with van der Waals surface area (Å²) in [6, 6.07) is 12.3. The second-order valence-corrected chi connectivity index (χ2v) is 9.14. The van der Waals surface area contributed by atoms with Crippen molar-refractivity contribution in [2.45, 2.75) is 53.0 Å². The van der Waals surface area contributed by atoms with Crippen molar-refractivity contribution in [2.24, 2.45) is 11.0 Å². The van der Waals surface area contributed by atoms with Gasteiger partial charge in [-0.05, 0) is 56.2 Å². The minimum atomic E-state index is -0.134. The van der Waals surface area contributed by atoms with E-state index in [0.29, 0.717) is 6.54 Å². The van der Waals surface area contributed by atoms with E-state index in [1.54, 1.807) is 17.6 Å². The molecule has 6 heteroatoms. The monoisotopic (exact) mass is 420 g/mol. The molecule has 1 atom stereocenters. The van der Waals surface area contributed by atoms with Crippen molar-refractivity contribution in [3.8, 4) is 0 Å². The van der Waals surface area contributed by atoms with Crippen LogP contribution in [-0.2, 0) is 19.4 Å². The van der Waals surface area contributed by atoms with E-state index >= 15 is 0 Å². The van der Waals surface area contributed by atoms with Crippen LogP contribution in [0, 0.1) is 19.8 Å². The van der Waals surface area contributed by atoms with E-state index in [4.69, 9.17) is 0 Å². The van der Waals surface area contributed by atoms with Gasteiger partial charge in [0.1, 0.15) is 0 Å². The molecule has 1 aromatic carbocycles. The van der Waals surface area contributed by atoms with Gasteiger partial charge in [0, 0.05) is 16.1 Å². The number of hydrazone groups is 1. The van der Waals surface area contributed by atoms with Crippen molar-refractivity contribution in [1.29, 1.82) is 0 Å². The molecule has 0 saturated carbocycles. The molecular formula is C24H28N4OS. The van der Waals surface area contributed by atoms with Crippen LogP contribution in [-0.4, -0.2) is 21.9 Å². The van der Waals surface area contributed by atoms with Crippen LogP contribution in [0.5, 0.6) is 0 Å². The van der Waals surface area contributed by atoms with Crippen molar-refractivity contribution in [1.82, 2.24) is 15.2 Å². The highest BCUT2D eigenvalue weighted by atomic mass is 32.1. The van der Waals surface area contributed by atoms with E-state index in [9.17, 15) is 4.79 Å². The highest BCUT2D eigenvalue weighted by molar-refractivity contribution is 7.14. The fourth-order valence-electron chi connectivity index (χ4n) is 4.08. The molecule has 1 N–H and O–H groups in total. The summed E-state index contributed by atoms with van der Waals surface area (Å²) >= 11 is 1.61. The maximum atomic E-state index is 12.6. The molecule has 0 aliphatic heterocycles. The van der Waals surface area contributed by atoms with Gasteiger partial charge in [0.15, 0.2) is 0 Å². The molecular weight excluding hydrogens is 392 g/mol. The third-order valence-electron chi connectivity index (χ3n) is 5.96. The van der Waals surface area contributed by atoms with Gasteiger partial charge in [-0.25, -0.2) is 5.43 Å². The fraction of sp³-hybridized carbons (Fsp3) is 0.375. The van der Waals surface area contributed by atoms with E-state index in [0.717, 1.165) is 40.6 Å². The van der Waals surface area contributed by atoms with Crippen LogP contribution >= 0.6 is 11.3 Å². The van der Waals surface area contributed by atoms with Crippen molar-refractivity contribution < 1.29 is 4.79 Å². The van der Waals surface area contributed by atoms with E-state index < -0.39 is 0 Å². The molecule has 0 radical (unpaired) electrons. The van der Waals surface area contributed by atoms with Crippen LogP contribution in [0.3, 0.4) is 0 Å². The van der Waals surface area contributed by atoms with Gasteiger partial charge >= 0.3 is 0 Å². The number of carbonyl (C=O) groups is 1. The normalized spacial score (nSPS) is 16.0. The van der Waals surface area contributed by atoms with Crippen LogP contribution in [0.15, 0.2) is 41.5 Å².